The Bertz CT molecular complexity index is 900. The minimum Gasteiger partial charge on any atom is -0.497 e. The SMILES string of the molecule is COc1ccc(N2CC(C(=O)Nc3cc(C(C)(C)C)ccc3OC)CC2=O)cc1. The lowest BCUT2D eigenvalue weighted by molar-refractivity contribution is -0.122. The lowest BCUT2D eigenvalue weighted by Gasteiger charge is -2.22. The third kappa shape index (κ3) is 4.53. The Balaban J connectivity index is 1.75. The molecule has 1 N–H and O–H groups in total. The maximum Gasteiger partial charge on any atom is 0.229 e. The van der Waals surface area contributed by atoms with Crippen molar-refractivity contribution in [2.45, 2.75) is 32.6 Å². The fourth-order valence-electron chi connectivity index (χ4n) is 3.40. The van der Waals surface area contributed by atoms with E-state index in [9.17, 15) is 9.59 Å². The highest BCUT2D eigenvalue weighted by Gasteiger charge is 2.35. The van der Waals surface area contributed by atoms with E-state index in [4.69, 9.17) is 9.47 Å². The number of nitrogens with one attached hydrogen (secondary N) is 1. The van der Waals surface area contributed by atoms with Crippen LogP contribution in [-0.2, 0) is 15.0 Å². The minimum atomic E-state index is -0.424. The molecule has 0 spiro atoms. The molecule has 0 bridgehead atoms. The van der Waals surface area contributed by atoms with Crippen LogP contribution in [0.25, 0.3) is 0 Å². The summed E-state index contributed by atoms with van der Waals surface area (Å²) in [7, 11) is 3.17. The Kier molecular flexibility index (Phi) is 5.82. The van der Waals surface area contributed by atoms with Crippen molar-refractivity contribution in [2.75, 3.05) is 31.0 Å². The first-order valence-corrected chi connectivity index (χ1v) is 9.66. The maximum absolute atomic E-state index is 12.9. The van der Waals surface area contributed by atoms with Gasteiger partial charge >= 0.3 is 0 Å². The highest BCUT2D eigenvalue weighted by Crippen LogP contribution is 2.33. The van der Waals surface area contributed by atoms with E-state index in [2.05, 4.69) is 26.1 Å². The van der Waals surface area contributed by atoms with Gasteiger partial charge in [-0.05, 0) is 47.4 Å². The molecule has 2 aromatic rings. The van der Waals surface area contributed by atoms with Crippen LogP contribution in [0.2, 0.25) is 0 Å². The normalized spacial score (nSPS) is 16.7. The molecular formula is C23H28N2O4. The zero-order valence-corrected chi connectivity index (χ0v) is 17.6. The summed E-state index contributed by atoms with van der Waals surface area (Å²) in [4.78, 5) is 27.0. The van der Waals surface area contributed by atoms with E-state index in [1.807, 2.05) is 30.3 Å². The quantitative estimate of drug-likeness (QED) is 0.830. The molecule has 0 radical (unpaired) electrons. The van der Waals surface area contributed by atoms with Crippen molar-refractivity contribution in [3.05, 3.63) is 48.0 Å². The summed E-state index contributed by atoms with van der Waals surface area (Å²) in [5, 5.41) is 2.96. The Morgan fingerprint density at radius 3 is 2.34 bits per heavy atom. The second-order valence-electron chi connectivity index (χ2n) is 8.26. The van der Waals surface area contributed by atoms with Gasteiger partial charge in [0, 0.05) is 18.7 Å². The first-order valence-electron chi connectivity index (χ1n) is 9.66. The Hall–Kier alpha value is -3.02. The molecular weight excluding hydrogens is 368 g/mol. The van der Waals surface area contributed by atoms with E-state index in [0.717, 1.165) is 17.0 Å². The lowest BCUT2D eigenvalue weighted by atomic mass is 9.86. The zero-order chi connectivity index (χ0) is 21.2. The lowest BCUT2D eigenvalue weighted by Crippen LogP contribution is -2.28. The largest absolute Gasteiger partial charge is 0.497 e. The van der Waals surface area contributed by atoms with Crippen LogP contribution in [0.1, 0.15) is 32.8 Å². The summed E-state index contributed by atoms with van der Waals surface area (Å²) in [6, 6.07) is 13.1. The second-order valence-corrected chi connectivity index (χ2v) is 8.26. The molecule has 1 saturated heterocycles. The van der Waals surface area contributed by atoms with Crippen LogP contribution < -0.4 is 19.7 Å². The fourth-order valence-corrected chi connectivity index (χ4v) is 3.40. The van der Waals surface area contributed by atoms with E-state index < -0.39 is 5.92 Å². The van der Waals surface area contributed by atoms with Crippen molar-refractivity contribution in [1.82, 2.24) is 0 Å². The number of amides is 2. The highest BCUT2D eigenvalue weighted by molar-refractivity contribution is 6.04. The number of hydrogen-bond acceptors (Lipinski definition) is 4. The number of nitrogens with zero attached hydrogens (tertiary/aromatic N) is 1. The number of hydrogen-bond donors (Lipinski definition) is 1. The van der Waals surface area contributed by atoms with Crippen LogP contribution in [0.4, 0.5) is 11.4 Å². The first kappa shape index (κ1) is 20.7. The van der Waals surface area contributed by atoms with E-state index in [-0.39, 0.29) is 23.7 Å². The molecule has 154 valence electrons. The van der Waals surface area contributed by atoms with E-state index in [1.54, 1.807) is 31.3 Å². The third-order valence-corrected chi connectivity index (χ3v) is 5.20. The second kappa shape index (κ2) is 8.15. The van der Waals surface area contributed by atoms with Crippen molar-refractivity contribution in [3.8, 4) is 11.5 Å². The molecule has 0 aliphatic carbocycles. The predicted molar refractivity (Wildman–Crippen MR) is 114 cm³/mol. The number of benzene rings is 2. The molecule has 1 aliphatic heterocycles. The van der Waals surface area contributed by atoms with Crippen molar-refractivity contribution >= 4 is 23.2 Å². The van der Waals surface area contributed by atoms with Gasteiger partial charge in [-0.2, -0.15) is 0 Å². The minimum absolute atomic E-state index is 0.0553. The van der Waals surface area contributed by atoms with Crippen molar-refractivity contribution in [2.24, 2.45) is 5.92 Å². The topological polar surface area (TPSA) is 67.9 Å². The van der Waals surface area contributed by atoms with Gasteiger partial charge in [-0.3, -0.25) is 9.59 Å². The van der Waals surface area contributed by atoms with Gasteiger partial charge in [-0.1, -0.05) is 26.8 Å². The number of anilines is 2. The van der Waals surface area contributed by atoms with Crippen molar-refractivity contribution < 1.29 is 19.1 Å². The summed E-state index contributed by atoms with van der Waals surface area (Å²) < 4.78 is 10.6. The monoisotopic (exact) mass is 396 g/mol. The predicted octanol–water partition coefficient (Wildman–Crippen LogP) is 3.99. The van der Waals surface area contributed by atoms with Gasteiger partial charge in [0.1, 0.15) is 11.5 Å². The van der Waals surface area contributed by atoms with Crippen LogP contribution in [0.5, 0.6) is 11.5 Å². The van der Waals surface area contributed by atoms with Gasteiger partial charge < -0.3 is 19.7 Å². The summed E-state index contributed by atoms with van der Waals surface area (Å²) in [5.74, 6) is 0.653. The number of rotatable bonds is 5. The molecule has 29 heavy (non-hydrogen) atoms. The molecule has 0 aromatic heterocycles. The molecule has 2 amide bonds. The van der Waals surface area contributed by atoms with Crippen molar-refractivity contribution in [3.63, 3.8) is 0 Å². The van der Waals surface area contributed by atoms with Crippen LogP contribution >= 0.6 is 0 Å². The van der Waals surface area contributed by atoms with Crippen LogP contribution in [0.3, 0.4) is 0 Å². The average molecular weight is 396 g/mol. The Morgan fingerprint density at radius 2 is 1.76 bits per heavy atom. The van der Waals surface area contributed by atoms with E-state index >= 15 is 0 Å². The molecule has 1 unspecified atom stereocenters. The van der Waals surface area contributed by atoms with E-state index in [1.165, 1.54) is 0 Å². The molecule has 1 aliphatic rings. The molecule has 0 saturated carbocycles. The molecule has 6 heteroatoms. The maximum atomic E-state index is 12.9. The number of carbonyl (C=O) groups excluding carboxylic acids is 2. The Labute approximate surface area is 171 Å². The number of methoxy groups -OCH3 is 2. The summed E-state index contributed by atoms with van der Waals surface area (Å²) >= 11 is 0. The third-order valence-electron chi connectivity index (χ3n) is 5.20. The van der Waals surface area contributed by atoms with Gasteiger partial charge in [-0.25, -0.2) is 0 Å². The summed E-state index contributed by atoms with van der Waals surface area (Å²) in [6.07, 6.45) is 0.180. The van der Waals surface area contributed by atoms with E-state index in [0.29, 0.717) is 18.0 Å². The van der Waals surface area contributed by atoms with Gasteiger partial charge in [0.25, 0.3) is 0 Å². The zero-order valence-electron chi connectivity index (χ0n) is 17.6. The molecule has 6 nitrogen and oxygen atoms in total. The molecule has 1 fully saturated rings. The first-order chi connectivity index (χ1) is 13.7. The van der Waals surface area contributed by atoms with Crippen molar-refractivity contribution in [1.29, 1.82) is 0 Å². The van der Waals surface area contributed by atoms with Gasteiger partial charge in [0.2, 0.25) is 11.8 Å². The molecule has 1 heterocycles. The van der Waals surface area contributed by atoms with Gasteiger partial charge in [-0.15, -0.1) is 0 Å². The molecule has 1 atom stereocenters. The van der Waals surface area contributed by atoms with Crippen LogP contribution in [-0.4, -0.2) is 32.6 Å². The number of carbonyl (C=O) groups is 2. The summed E-state index contributed by atoms with van der Waals surface area (Å²) in [6.45, 7) is 6.69. The van der Waals surface area contributed by atoms with Crippen LogP contribution in [0, 0.1) is 5.92 Å². The standard InChI is InChI=1S/C23H28N2O4/c1-23(2,3)16-6-11-20(29-5)19(13-16)24-22(27)15-12-21(26)25(14-15)17-7-9-18(28-4)10-8-17/h6-11,13,15H,12,14H2,1-5H3,(H,24,27). The Morgan fingerprint density at radius 1 is 1.07 bits per heavy atom. The molecule has 3 rings (SSSR count). The average Bonchev–Trinajstić information content (AvgIpc) is 3.09. The number of ether oxygens (including phenoxy) is 2. The smallest absolute Gasteiger partial charge is 0.229 e. The van der Waals surface area contributed by atoms with Gasteiger partial charge in [0.15, 0.2) is 0 Å². The highest BCUT2D eigenvalue weighted by atomic mass is 16.5. The summed E-state index contributed by atoms with van der Waals surface area (Å²) in [5.41, 5.74) is 2.43. The fraction of sp³-hybridized carbons (Fsp3) is 0.391. The van der Waals surface area contributed by atoms with Gasteiger partial charge in [0.05, 0.1) is 25.8 Å². The van der Waals surface area contributed by atoms with Crippen LogP contribution in [0.15, 0.2) is 42.5 Å². The molecule has 2 aromatic carbocycles.